The number of nitrogens with zero attached hydrogens (tertiary/aromatic N) is 2. The van der Waals surface area contributed by atoms with Crippen molar-refractivity contribution < 1.29 is 19.1 Å². The second-order valence-electron chi connectivity index (χ2n) is 10.8. The third-order valence-corrected chi connectivity index (χ3v) is 8.13. The number of H-pyrrole nitrogens is 1. The van der Waals surface area contributed by atoms with Gasteiger partial charge in [0.15, 0.2) is 5.01 Å². The molecule has 0 saturated heterocycles. The number of nitrogens with one attached hydrogen (secondary N) is 2. The van der Waals surface area contributed by atoms with Crippen LogP contribution in [0.4, 0.5) is 4.79 Å². The van der Waals surface area contributed by atoms with Gasteiger partial charge in [-0.3, -0.25) is 14.5 Å². The van der Waals surface area contributed by atoms with E-state index in [2.05, 4.69) is 15.3 Å². The lowest BCUT2D eigenvalue weighted by atomic mass is 9.75. The number of fused-ring (bicyclic) bond motifs is 2. The van der Waals surface area contributed by atoms with Crippen LogP contribution in [-0.4, -0.2) is 49.8 Å². The molecule has 2 aromatic heterocycles. The van der Waals surface area contributed by atoms with Crippen LogP contribution in [0.15, 0.2) is 24.3 Å². The van der Waals surface area contributed by atoms with Gasteiger partial charge in [0.2, 0.25) is 5.78 Å². The molecule has 2 aliphatic rings. The van der Waals surface area contributed by atoms with Crippen LogP contribution in [0.25, 0.3) is 10.9 Å². The highest BCUT2D eigenvalue weighted by atomic mass is 35.5. The largest absolute Gasteiger partial charge is 0.444 e. The average molecular weight is 544 g/mol. The fourth-order valence-corrected chi connectivity index (χ4v) is 6.23. The minimum atomic E-state index is -1.26. The van der Waals surface area contributed by atoms with E-state index >= 15 is 0 Å². The lowest BCUT2D eigenvalue weighted by Crippen LogP contribution is -2.64. The van der Waals surface area contributed by atoms with Crippen LogP contribution < -0.4 is 11.1 Å². The predicted molar refractivity (Wildman–Crippen MR) is 142 cm³/mol. The summed E-state index contributed by atoms with van der Waals surface area (Å²) in [6.07, 6.45) is 2.29. The molecule has 1 saturated carbocycles. The van der Waals surface area contributed by atoms with Crippen molar-refractivity contribution in [2.24, 2.45) is 5.73 Å². The summed E-state index contributed by atoms with van der Waals surface area (Å²) in [5, 5.41) is 4.73. The van der Waals surface area contributed by atoms with Crippen LogP contribution in [0.3, 0.4) is 0 Å². The molecule has 4 N–H and O–H groups in total. The number of carbonyl (C=O) groups excluding carboxylic acids is 3. The molecule has 2 unspecified atom stereocenters. The Labute approximate surface area is 223 Å². The Bertz CT molecular complexity index is 1370. The monoisotopic (exact) mass is 543 g/mol. The van der Waals surface area contributed by atoms with Crippen LogP contribution >= 0.6 is 22.9 Å². The van der Waals surface area contributed by atoms with Gasteiger partial charge >= 0.3 is 6.09 Å². The summed E-state index contributed by atoms with van der Waals surface area (Å²) in [5.74, 6) is -0.597. The highest BCUT2D eigenvalue weighted by molar-refractivity contribution is 7.13. The SMILES string of the molecule is CC(C)(C)OC(=O)N1Cc2nc(C(=O)C3(N)CCCCC3NC(=O)c3cc4cc(Cl)ccc4[nH]3)sc2C1. The van der Waals surface area contributed by atoms with Crippen molar-refractivity contribution in [3.8, 4) is 0 Å². The third-order valence-electron chi connectivity index (χ3n) is 6.81. The van der Waals surface area contributed by atoms with Gasteiger partial charge in [0, 0.05) is 20.8 Å². The maximum absolute atomic E-state index is 13.7. The topological polar surface area (TPSA) is 130 Å². The Kier molecular flexibility index (Phi) is 6.54. The molecule has 11 heteroatoms. The highest BCUT2D eigenvalue weighted by Gasteiger charge is 2.46. The molecule has 0 bridgehead atoms. The number of Topliss-reactive ketones (excluding diaryl/α,β-unsaturated/α-hetero) is 1. The fraction of sp³-hybridized carbons (Fsp3) is 0.462. The zero-order chi connectivity index (χ0) is 26.5. The van der Waals surface area contributed by atoms with E-state index in [1.165, 1.54) is 11.3 Å². The molecule has 37 heavy (non-hydrogen) atoms. The van der Waals surface area contributed by atoms with Crippen molar-refractivity contribution in [3.05, 3.63) is 50.6 Å². The zero-order valence-electron chi connectivity index (χ0n) is 21.0. The van der Waals surface area contributed by atoms with E-state index in [1.807, 2.05) is 26.8 Å². The van der Waals surface area contributed by atoms with E-state index in [4.69, 9.17) is 22.1 Å². The van der Waals surface area contributed by atoms with Crippen molar-refractivity contribution in [2.75, 3.05) is 0 Å². The van der Waals surface area contributed by atoms with E-state index < -0.39 is 23.3 Å². The zero-order valence-corrected chi connectivity index (χ0v) is 22.6. The number of halogens is 1. The number of rotatable bonds is 4. The first-order chi connectivity index (χ1) is 17.4. The number of nitrogens with two attached hydrogens (primary N) is 1. The van der Waals surface area contributed by atoms with Gasteiger partial charge in [0.05, 0.1) is 24.8 Å². The maximum Gasteiger partial charge on any atom is 0.410 e. The standard InChI is InChI=1S/C26H30ClN5O4S/c1-25(2,3)36-24(35)32-12-18-19(13-32)37-23(30-18)21(33)26(28)9-5-4-6-20(26)31-22(34)17-11-14-10-15(27)7-8-16(14)29-17/h7-8,10-11,20,29H,4-6,9,12-13,28H2,1-3H3,(H,31,34). The van der Waals surface area contributed by atoms with E-state index in [0.29, 0.717) is 40.8 Å². The lowest BCUT2D eigenvalue weighted by molar-refractivity contribution is 0.0241. The number of benzene rings is 1. The van der Waals surface area contributed by atoms with Gasteiger partial charge in [0.1, 0.15) is 16.8 Å². The number of aromatic amines is 1. The molecule has 0 radical (unpaired) electrons. The van der Waals surface area contributed by atoms with Gasteiger partial charge in [-0.25, -0.2) is 9.78 Å². The normalized spacial score (nSPS) is 21.6. The summed E-state index contributed by atoms with van der Waals surface area (Å²) >= 11 is 7.33. The molecule has 3 heterocycles. The van der Waals surface area contributed by atoms with Gasteiger partial charge in [-0.15, -0.1) is 11.3 Å². The second-order valence-corrected chi connectivity index (χ2v) is 12.3. The molecular formula is C26H30ClN5O4S. The minimum absolute atomic E-state index is 0.274. The molecule has 2 atom stereocenters. The molecule has 5 rings (SSSR count). The molecule has 1 fully saturated rings. The van der Waals surface area contributed by atoms with Crippen molar-refractivity contribution in [3.63, 3.8) is 0 Å². The highest BCUT2D eigenvalue weighted by Crippen LogP contribution is 2.35. The van der Waals surface area contributed by atoms with Crippen LogP contribution in [0.1, 0.15) is 77.3 Å². The summed E-state index contributed by atoms with van der Waals surface area (Å²) in [5.41, 5.74) is 6.77. The van der Waals surface area contributed by atoms with Crippen LogP contribution in [0, 0.1) is 0 Å². The molecule has 2 amide bonds. The quantitative estimate of drug-likeness (QED) is 0.406. The summed E-state index contributed by atoms with van der Waals surface area (Å²) in [7, 11) is 0. The minimum Gasteiger partial charge on any atom is -0.444 e. The number of carbonyl (C=O) groups is 3. The summed E-state index contributed by atoms with van der Waals surface area (Å²) in [6.45, 7) is 6.09. The number of ether oxygens (including phenoxy) is 1. The average Bonchev–Trinajstić information content (AvgIpc) is 3.51. The van der Waals surface area contributed by atoms with E-state index in [1.54, 1.807) is 23.1 Å². The van der Waals surface area contributed by atoms with E-state index in [0.717, 1.165) is 28.6 Å². The van der Waals surface area contributed by atoms with Gasteiger partial charge in [-0.2, -0.15) is 0 Å². The smallest absolute Gasteiger partial charge is 0.410 e. The Hall–Kier alpha value is -2.95. The number of amides is 2. The van der Waals surface area contributed by atoms with Crippen LogP contribution in [0.2, 0.25) is 5.02 Å². The number of hydrogen-bond donors (Lipinski definition) is 3. The molecule has 1 aliphatic carbocycles. The van der Waals surface area contributed by atoms with Crippen molar-refractivity contribution in [2.45, 2.75) is 76.7 Å². The van der Waals surface area contributed by atoms with Gasteiger partial charge < -0.3 is 20.8 Å². The summed E-state index contributed by atoms with van der Waals surface area (Å²) < 4.78 is 5.45. The molecule has 1 aliphatic heterocycles. The molecular weight excluding hydrogens is 514 g/mol. The first-order valence-electron chi connectivity index (χ1n) is 12.3. The molecule has 1 aromatic carbocycles. The Balaban J connectivity index is 1.31. The number of thiazole rings is 1. The first kappa shape index (κ1) is 25.7. The third kappa shape index (κ3) is 5.10. The van der Waals surface area contributed by atoms with Gasteiger partial charge in [0.25, 0.3) is 5.91 Å². The number of aromatic nitrogens is 2. The predicted octanol–water partition coefficient (Wildman–Crippen LogP) is 4.78. The summed E-state index contributed by atoms with van der Waals surface area (Å²) in [6, 6.07) is 6.56. The Morgan fingerprint density at radius 2 is 2.03 bits per heavy atom. The van der Waals surface area contributed by atoms with Gasteiger partial charge in [-0.1, -0.05) is 24.4 Å². The van der Waals surface area contributed by atoms with E-state index in [9.17, 15) is 14.4 Å². The molecule has 3 aromatic rings. The number of hydrogen-bond acceptors (Lipinski definition) is 7. The molecule has 9 nitrogen and oxygen atoms in total. The van der Waals surface area contributed by atoms with Crippen LogP contribution in [0.5, 0.6) is 0 Å². The van der Waals surface area contributed by atoms with Crippen LogP contribution in [-0.2, 0) is 17.8 Å². The summed E-state index contributed by atoms with van der Waals surface area (Å²) in [4.78, 5) is 49.3. The lowest BCUT2D eigenvalue weighted by Gasteiger charge is -2.39. The molecule has 196 valence electrons. The molecule has 0 spiro atoms. The van der Waals surface area contributed by atoms with Crippen molar-refractivity contribution in [1.29, 1.82) is 0 Å². The Morgan fingerprint density at radius 1 is 1.24 bits per heavy atom. The van der Waals surface area contributed by atoms with Crippen molar-refractivity contribution in [1.82, 2.24) is 20.2 Å². The maximum atomic E-state index is 13.7. The number of ketones is 1. The van der Waals surface area contributed by atoms with E-state index in [-0.39, 0.29) is 18.2 Å². The fourth-order valence-electron chi connectivity index (χ4n) is 4.92. The second kappa shape index (κ2) is 9.41. The van der Waals surface area contributed by atoms with Crippen molar-refractivity contribution >= 4 is 51.6 Å². The Morgan fingerprint density at radius 3 is 2.76 bits per heavy atom. The van der Waals surface area contributed by atoms with Gasteiger partial charge in [-0.05, 0) is 57.9 Å². The first-order valence-corrected chi connectivity index (χ1v) is 13.5.